The highest BCUT2D eigenvalue weighted by atomic mass is 79.9. The number of aryl methyl sites for hydroxylation is 1. The van der Waals surface area contributed by atoms with Crippen LogP contribution in [0.4, 0.5) is 5.82 Å². The van der Waals surface area contributed by atoms with Crippen LogP contribution in [0.1, 0.15) is 11.5 Å². The van der Waals surface area contributed by atoms with E-state index >= 15 is 0 Å². The lowest BCUT2D eigenvalue weighted by molar-refractivity contribution is 0.391. The molecule has 2 aromatic rings. The lowest BCUT2D eigenvalue weighted by Crippen LogP contribution is -2.01. The van der Waals surface area contributed by atoms with Gasteiger partial charge in [-0.2, -0.15) is 0 Å². The number of halogens is 1. The molecule has 0 saturated heterocycles. The van der Waals surface area contributed by atoms with Crippen molar-refractivity contribution in [2.24, 2.45) is 0 Å². The van der Waals surface area contributed by atoms with Crippen LogP contribution in [0.3, 0.4) is 0 Å². The third-order valence-corrected chi connectivity index (χ3v) is 2.19. The highest BCUT2D eigenvalue weighted by molar-refractivity contribution is 9.10. The lowest BCUT2D eigenvalue weighted by atomic mass is 10.4. The molecule has 0 aromatic carbocycles. The molecule has 0 unspecified atom stereocenters. The van der Waals surface area contributed by atoms with Crippen LogP contribution in [0.25, 0.3) is 0 Å². The number of nitrogens with zero attached hydrogens (tertiary/aromatic N) is 3. The molecule has 0 aliphatic carbocycles. The van der Waals surface area contributed by atoms with Gasteiger partial charge in [0, 0.05) is 12.1 Å². The molecule has 0 spiro atoms. The Bertz CT molecular complexity index is 457. The molecule has 2 aromatic heterocycles. The van der Waals surface area contributed by atoms with E-state index in [0.717, 1.165) is 21.9 Å². The topological polar surface area (TPSA) is 63.8 Å². The van der Waals surface area contributed by atoms with Gasteiger partial charge in [0.1, 0.15) is 28.2 Å². The second kappa shape index (κ2) is 4.39. The third-order valence-electron chi connectivity index (χ3n) is 1.76. The minimum atomic E-state index is 0.584. The standard InChI is InChI=1S/C9H9BrN4O/c1-6-2-7(14-15-6)4-11-9-3-8(10)12-5-13-9/h2-3,5H,4H2,1H3,(H,11,12,13). The fourth-order valence-corrected chi connectivity index (χ4v) is 1.42. The van der Waals surface area contributed by atoms with Crippen LogP contribution in [0.15, 0.2) is 27.6 Å². The van der Waals surface area contributed by atoms with E-state index in [2.05, 4.69) is 36.4 Å². The van der Waals surface area contributed by atoms with Gasteiger partial charge < -0.3 is 9.84 Å². The molecule has 1 N–H and O–H groups in total. The fourth-order valence-electron chi connectivity index (χ4n) is 1.11. The molecule has 0 aliphatic heterocycles. The first-order valence-corrected chi connectivity index (χ1v) is 5.17. The van der Waals surface area contributed by atoms with E-state index in [1.54, 1.807) is 6.07 Å². The summed E-state index contributed by atoms with van der Waals surface area (Å²) in [6.45, 7) is 2.44. The summed E-state index contributed by atoms with van der Waals surface area (Å²) in [6.07, 6.45) is 1.49. The summed E-state index contributed by atoms with van der Waals surface area (Å²) >= 11 is 3.27. The van der Waals surface area contributed by atoms with Gasteiger partial charge in [-0.1, -0.05) is 5.16 Å². The van der Waals surface area contributed by atoms with Gasteiger partial charge in [0.2, 0.25) is 0 Å². The average molecular weight is 269 g/mol. The minimum absolute atomic E-state index is 0.584. The van der Waals surface area contributed by atoms with Crippen LogP contribution in [0, 0.1) is 6.92 Å². The SMILES string of the molecule is Cc1cc(CNc2cc(Br)ncn2)no1. The van der Waals surface area contributed by atoms with Crippen LogP contribution in [-0.4, -0.2) is 15.1 Å². The van der Waals surface area contributed by atoms with Gasteiger partial charge in [-0.3, -0.25) is 0 Å². The monoisotopic (exact) mass is 268 g/mol. The minimum Gasteiger partial charge on any atom is -0.364 e. The molecular weight excluding hydrogens is 260 g/mol. The Labute approximate surface area is 95.0 Å². The maximum atomic E-state index is 4.94. The summed E-state index contributed by atoms with van der Waals surface area (Å²) in [5.74, 6) is 1.55. The molecule has 78 valence electrons. The molecule has 15 heavy (non-hydrogen) atoms. The molecule has 0 atom stereocenters. The van der Waals surface area contributed by atoms with Crippen LogP contribution in [-0.2, 0) is 6.54 Å². The second-order valence-corrected chi connectivity index (χ2v) is 3.82. The maximum absolute atomic E-state index is 4.94. The summed E-state index contributed by atoms with van der Waals surface area (Å²) in [7, 11) is 0. The highest BCUT2D eigenvalue weighted by Gasteiger charge is 2.00. The van der Waals surface area contributed by atoms with Crippen molar-refractivity contribution in [3.05, 3.63) is 34.5 Å². The van der Waals surface area contributed by atoms with Crippen LogP contribution >= 0.6 is 15.9 Å². The smallest absolute Gasteiger partial charge is 0.133 e. The van der Waals surface area contributed by atoms with Gasteiger partial charge in [-0.05, 0) is 22.9 Å². The van der Waals surface area contributed by atoms with E-state index in [1.165, 1.54) is 6.33 Å². The summed E-state index contributed by atoms with van der Waals surface area (Å²) in [6, 6.07) is 3.68. The van der Waals surface area contributed by atoms with Crippen molar-refractivity contribution in [3.8, 4) is 0 Å². The van der Waals surface area contributed by atoms with Crippen molar-refractivity contribution < 1.29 is 4.52 Å². The summed E-state index contributed by atoms with van der Waals surface area (Å²) in [4.78, 5) is 7.98. The molecule has 0 fully saturated rings. The van der Waals surface area contributed by atoms with Gasteiger partial charge in [0.15, 0.2) is 0 Å². The summed E-state index contributed by atoms with van der Waals surface area (Å²) < 4.78 is 5.69. The molecule has 0 saturated carbocycles. The Kier molecular flexibility index (Phi) is 2.96. The zero-order valence-corrected chi connectivity index (χ0v) is 9.65. The first-order valence-electron chi connectivity index (χ1n) is 4.37. The van der Waals surface area contributed by atoms with Gasteiger partial charge >= 0.3 is 0 Å². The Morgan fingerprint density at radius 3 is 2.93 bits per heavy atom. The van der Waals surface area contributed by atoms with Crippen LogP contribution in [0.2, 0.25) is 0 Å². The first-order chi connectivity index (χ1) is 7.24. The van der Waals surface area contributed by atoms with E-state index in [4.69, 9.17) is 4.52 Å². The largest absolute Gasteiger partial charge is 0.364 e. The quantitative estimate of drug-likeness (QED) is 0.865. The Hall–Kier alpha value is -1.43. The second-order valence-electron chi connectivity index (χ2n) is 3.01. The predicted octanol–water partition coefficient (Wildman–Crippen LogP) is 2.15. The molecule has 0 aliphatic rings. The van der Waals surface area contributed by atoms with Crippen molar-refractivity contribution in [3.63, 3.8) is 0 Å². The molecule has 0 amide bonds. The molecule has 6 heteroatoms. The third kappa shape index (κ3) is 2.76. The Balaban J connectivity index is 1.99. The van der Waals surface area contributed by atoms with Crippen molar-refractivity contribution in [2.75, 3.05) is 5.32 Å². The highest BCUT2D eigenvalue weighted by Crippen LogP contribution is 2.10. The summed E-state index contributed by atoms with van der Waals surface area (Å²) in [5, 5.41) is 6.97. The summed E-state index contributed by atoms with van der Waals surface area (Å²) in [5.41, 5.74) is 0.849. The molecule has 5 nitrogen and oxygen atoms in total. The first kappa shape index (κ1) is 10.1. The number of anilines is 1. The normalized spacial score (nSPS) is 10.3. The number of nitrogens with one attached hydrogen (secondary N) is 1. The van der Waals surface area contributed by atoms with Crippen molar-refractivity contribution in [1.82, 2.24) is 15.1 Å². The lowest BCUT2D eigenvalue weighted by Gasteiger charge is -2.01. The number of hydrogen-bond acceptors (Lipinski definition) is 5. The van der Waals surface area contributed by atoms with Crippen molar-refractivity contribution in [2.45, 2.75) is 13.5 Å². The number of aromatic nitrogens is 3. The van der Waals surface area contributed by atoms with E-state index in [1.807, 2.05) is 13.0 Å². The van der Waals surface area contributed by atoms with Crippen LogP contribution < -0.4 is 5.32 Å². The zero-order valence-electron chi connectivity index (χ0n) is 8.07. The van der Waals surface area contributed by atoms with Gasteiger partial charge in [-0.25, -0.2) is 9.97 Å². The fraction of sp³-hybridized carbons (Fsp3) is 0.222. The Morgan fingerprint density at radius 1 is 1.40 bits per heavy atom. The van der Waals surface area contributed by atoms with Gasteiger partial charge in [0.05, 0.1) is 6.54 Å². The average Bonchev–Trinajstić information content (AvgIpc) is 2.62. The predicted molar refractivity (Wildman–Crippen MR) is 58.3 cm³/mol. The van der Waals surface area contributed by atoms with Gasteiger partial charge in [-0.15, -0.1) is 0 Å². The van der Waals surface area contributed by atoms with Crippen LogP contribution in [0.5, 0.6) is 0 Å². The maximum Gasteiger partial charge on any atom is 0.133 e. The Morgan fingerprint density at radius 2 is 2.27 bits per heavy atom. The molecule has 2 heterocycles. The van der Waals surface area contributed by atoms with E-state index in [0.29, 0.717) is 6.54 Å². The van der Waals surface area contributed by atoms with E-state index in [9.17, 15) is 0 Å². The molecule has 0 bridgehead atoms. The molecule has 2 rings (SSSR count). The molecular formula is C9H9BrN4O. The number of hydrogen-bond donors (Lipinski definition) is 1. The van der Waals surface area contributed by atoms with Crippen molar-refractivity contribution >= 4 is 21.7 Å². The molecule has 0 radical (unpaired) electrons. The zero-order chi connectivity index (χ0) is 10.7. The van der Waals surface area contributed by atoms with Gasteiger partial charge in [0.25, 0.3) is 0 Å². The number of rotatable bonds is 3. The van der Waals surface area contributed by atoms with E-state index < -0.39 is 0 Å². The van der Waals surface area contributed by atoms with Crippen molar-refractivity contribution in [1.29, 1.82) is 0 Å². The van der Waals surface area contributed by atoms with E-state index in [-0.39, 0.29) is 0 Å².